The highest BCUT2D eigenvalue weighted by Crippen LogP contribution is 2.17. The standard InChI is InChI=1S/C15H19ClN4O2S/c1-23(21,22)17-9-14-8-15-11-19(6-7-20(15)18-14)10-12-2-4-13(16)5-3-12/h2-5,8,17H,6-7,9-11H2,1H3. The Morgan fingerprint density at radius 3 is 2.70 bits per heavy atom. The average Bonchev–Trinajstić information content (AvgIpc) is 2.89. The summed E-state index contributed by atoms with van der Waals surface area (Å²) >= 11 is 5.91. The molecule has 3 rings (SSSR count). The van der Waals surface area contributed by atoms with E-state index in [-0.39, 0.29) is 6.54 Å². The van der Waals surface area contributed by atoms with Crippen molar-refractivity contribution >= 4 is 21.6 Å². The first-order valence-electron chi connectivity index (χ1n) is 7.36. The second-order valence-corrected chi connectivity index (χ2v) is 8.05. The molecule has 0 amide bonds. The third kappa shape index (κ3) is 4.54. The second-order valence-electron chi connectivity index (χ2n) is 5.78. The van der Waals surface area contributed by atoms with E-state index < -0.39 is 10.0 Å². The van der Waals surface area contributed by atoms with E-state index in [1.165, 1.54) is 5.56 Å². The van der Waals surface area contributed by atoms with Gasteiger partial charge in [0.1, 0.15) is 0 Å². The van der Waals surface area contributed by atoms with Gasteiger partial charge in [-0.15, -0.1) is 0 Å². The van der Waals surface area contributed by atoms with Crippen LogP contribution in [-0.4, -0.2) is 35.9 Å². The number of rotatable bonds is 5. The fourth-order valence-electron chi connectivity index (χ4n) is 2.65. The van der Waals surface area contributed by atoms with Gasteiger partial charge in [0, 0.05) is 24.7 Å². The maximum absolute atomic E-state index is 11.2. The predicted octanol–water partition coefficient (Wildman–Crippen LogP) is 1.60. The van der Waals surface area contributed by atoms with Gasteiger partial charge < -0.3 is 0 Å². The van der Waals surface area contributed by atoms with E-state index in [2.05, 4.69) is 14.7 Å². The Morgan fingerprint density at radius 2 is 2.00 bits per heavy atom. The highest BCUT2D eigenvalue weighted by molar-refractivity contribution is 7.88. The third-order valence-electron chi connectivity index (χ3n) is 3.76. The molecule has 0 saturated carbocycles. The summed E-state index contributed by atoms with van der Waals surface area (Å²) in [4.78, 5) is 2.34. The number of nitrogens with one attached hydrogen (secondary N) is 1. The average molecular weight is 355 g/mol. The van der Waals surface area contributed by atoms with Gasteiger partial charge in [0.2, 0.25) is 10.0 Å². The van der Waals surface area contributed by atoms with Crippen molar-refractivity contribution in [1.82, 2.24) is 19.4 Å². The molecule has 0 fully saturated rings. The molecular weight excluding hydrogens is 336 g/mol. The minimum Gasteiger partial charge on any atom is -0.291 e. The van der Waals surface area contributed by atoms with Crippen LogP contribution < -0.4 is 4.72 Å². The quantitative estimate of drug-likeness (QED) is 0.885. The molecule has 23 heavy (non-hydrogen) atoms. The summed E-state index contributed by atoms with van der Waals surface area (Å²) in [5.74, 6) is 0. The Hall–Kier alpha value is -1.41. The van der Waals surface area contributed by atoms with Gasteiger partial charge in [-0.25, -0.2) is 13.1 Å². The van der Waals surface area contributed by atoms with Gasteiger partial charge >= 0.3 is 0 Å². The molecule has 1 aliphatic heterocycles. The van der Waals surface area contributed by atoms with Crippen LogP contribution in [0.5, 0.6) is 0 Å². The van der Waals surface area contributed by atoms with E-state index in [9.17, 15) is 8.42 Å². The summed E-state index contributed by atoms with van der Waals surface area (Å²) in [7, 11) is -3.20. The number of hydrogen-bond acceptors (Lipinski definition) is 4. The first-order chi connectivity index (χ1) is 10.9. The van der Waals surface area contributed by atoms with Gasteiger partial charge in [0.15, 0.2) is 0 Å². The van der Waals surface area contributed by atoms with Crippen LogP contribution in [0.3, 0.4) is 0 Å². The van der Waals surface area contributed by atoms with Crippen LogP contribution in [0.25, 0.3) is 0 Å². The van der Waals surface area contributed by atoms with Gasteiger partial charge in [-0.3, -0.25) is 9.58 Å². The third-order valence-corrected chi connectivity index (χ3v) is 4.68. The molecule has 0 atom stereocenters. The van der Waals surface area contributed by atoms with Crippen LogP contribution in [0.4, 0.5) is 0 Å². The van der Waals surface area contributed by atoms with Gasteiger partial charge in [-0.05, 0) is 23.8 Å². The lowest BCUT2D eigenvalue weighted by atomic mass is 10.2. The van der Waals surface area contributed by atoms with Crippen molar-refractivity contribution in [1.29, 1.82) is 0 Å². The van der Waals surface area contributed by atoms with E-state index in [0.717, 1.165) is 48.8 Å². The van der Waals surface area contributed by atoms with Crippen molar-refractivity contribution in [2.24, 2.45) is 0 Å². The van der Waals surface area contributed by atoms with Crippen molar-refractivity contribution < 1.29 is 8.42 Å². The molecule has 124 valence electrons. The van der Waals surface area contributed by atoms with E-state index in [1.54, 1.807) is 0 Å². The van der Waals surface area contributed by atoms with Gasteiger partial charge in [-0.2, -0.15) is 5.10 Å². The highest BCUT2D eigenvalue weighted by Gasteiger charge is 2.18. The Kier molecular flexibility index (Phi) is 4.72. The molecule has 1 aromatic carbocycles. The summed E-state index contributed by atoms with van der Waals surface area (Å²) in [6.45, 7) is 3.61. The smallest absolute Gasteiger partial charge is 0.209 e. The van der Waals surface area contributed by atoms with Crippen LogP contribution in [0.15, 0.2) is 30.3 Å². The molecular formula is C15H19ClN4O2S. The van der Waals surface area contributed by atoms with Crippen molar-refractivity contribution in [2.45, 2.75) is 26.2 Å². The zero-order valence-electron chi connectivity index (χ0n) is 12.9. The predicted molar refractivity (Wildman–Crippen MR) is 89.5 cm³/mol. The molecule has 0 aliphatic carbocycles. The zero-order valence-corrected chi connectivity index (χ0v) is 14.4. The summed E-state index contributed by atoms with van der Waals surface area (Å²) in [6.07, 6.45) is 1.15. The molecule has 6 nitrogen and oxygen atoms in total. The molecule has 0 bridgehead atoms. The van der Waals surface area contributed by atoms with E-state index in [1.807, 2.05) is 35.0 Å². The highest BCUT2D eigenvalue weighted by atomic mass is 35.5. The molecule has 0 saturated heterocycles. The summed E-state index contributed by atoms with van der Waals surface area (Å²) in [5, 5.41) is 5.20. The Morgan fingerprint density at radius 1 is 1.26 bits per heavy atom. The molecule has 0 spiro atoms. The van der Waals surface area contributed by atoms with Crippen molar-refractivity contribution in [3.05, 3.63) is 52.3 Å². The maximum atomic E-state index is 11.2. The largest absolute Gasteiger partial charge is 0.291 e. The number of benzene rings is 1. The van der Waals surface area contributed by atoms with Crippen LogP contribution in [-0.2, 0) is 36.2 Å². The number of aromatic nitrogens is 2. The van der Waals surface area contributed by atoms with Crippen LogP contribution >= 0.6 is 11.6 Å². The summed E-state index contributed by atoms with van der Waals surface area (Å²) in [5.41, 5.74) is 3.08. The fourth-order valence-corrected chi connectivity index (χ4v) is 3.19. The number of hydrogen-bond donors (Lipinski definition) is 1. The van der Waals surface area contributed by atoms with Gasteiger partial charge in [-0.1, -0.05) is 23.7 Å². The van der Waals surface area contributed by atoms with E-state index in [0.29, 0.717) is 0 Å². The van der Waals surface area contributed by atoms with Crippen molar-refractivity contribution in [3.63, 3.8) is 0 Å². The molecule has 8 heteroatoms. The number of halogens is 1. The number of fused-ring (bicyclic) bond motifs is 1. The van der Waals surface area contributed by atoms with Crippen molar-refractivity contribution in [2.75, 3.05) is 12.8 Å². The lowest BCUT2D eigenvalue weighted by Crippen LogP contribution is -2.33. The maximum Gasteiger partial charge on any atom is 0.209 e. The zero-order chi connectivity index (χ0) is 16.4. The number of sulfonamides is 1. The first kappa shape index (κ1) is 16.4. The normalized spacial score (nSPS) is 15.6. The second kappa shape index (κ2) is 6.60. The molecule has 1 aromatic heterocycles. The minimum absolute atomic E-state index is 0.232. The first-order valence-corrected chi connectivity index (χ1v) is 9.63. The lowest BCUT2D eigenvalue weighted by Gasteiger charge is -2.27. The minimum atomic E-state index is -3.20. The molecule has 2 aromatic rings. The van der Waals surface area contributed by atoms with Gasteiger partial charge in [0.25, 0.3) is 0 Å². The molecule has 1 aliphatic rings. The summed E-state index contributed by atoms with van der Waals surface area (Å²) < 4.78 is 26.8. The summed E-state index contributed by atoms with van der Waals surface area (Å²) in [6, 6.07) is 9.84. The number of nitrogens with zero attached hydrogens (tertiary/aromatic N) is 3. The lowest BCUT2D eigenvalue weighted by molar-refractivity contribution is 0.205. The van der Waals surface area contributed by atoms with Crippen LogP contribution in [0, 0.1) is 0 Å². The SMILES string of the molecule is CS(=O)(=O)NCc1cc2n(n1)CCN(Cc1ccc(Cl)cc1)C2. The topological polar surface area (TPSA) is 67.2 Å². The Bertz CT molecular complexity index is 786. The molecule has 2 heterocycles. The Balaban J connectivity index is 1.64. The molecule has 0 radical (unpaired) electrons. The van der Waals surface area contributed by atoms with Crippen LogP contribution in [0.1, 0.15) is 17.0 Å². The van der Waals surface area contributed by atoms with Crippen molar-refractivity contribution in [3.8, 4) is 0 Å². The molecule has 1 N–H and O–H groups in total. The Labute approximate surface area is 141 Å². The molecule has 0 unspecified atom stereocenters. The van der Waals surface area contributed by atoms with Gasteiger partial charge in [0.05, 0.1) is 30.7 Å². The van der Waals surface area contributed by atoms with Crippen LogP contribution in [0.2, 0.25) is 5.02 Å². The monoisotopic (exact) mass is 354 g/mol. The van der Waals surface area contributed by atoms with E-state index >= 15 is 0 Å². The van der Waals surface area contributed by atoms with E-state index in [4.69, 9.17) is 11.6 Å². The fraction of sp³-hybridized carbons (Fsp3) is 0.400.